The van der Waals surface area contributed by atoms with Gasteiger partial charge in [0, 0.05) is 2.74 Å². The molecule has 0 bridgehead atoms. The summed E-state index contributed by atoms with van der Waals surface area (Å²) < 4.78 is 15.1. The summed E-state index contributed by atoms with van der Waals surface area (Å²) >= 11 is 0. The molecule has 1 aliphatic rings. The van der Waals surface area contributed by atoms with Crippen LogP contribution in [0.3, 0.4) is 0 Å². The summed E-state index contributed by atoms with van der Waals surface area (Å²) in [5.41, 5.74) is 0.627. The summed E-state index contributed by atoms with van der Waals surface area (Å²) in [5.74, 6) is 0.225. The second-order valence-electron chi connectivity index (χ2n) is 3.83. The van der Waals surface area contributed by atoms with Crippen LogP contribution in [0.2, 0.25) is 0 Å². The van der Waals surface area contributed by atoms with Gasteiger partial charge in [0.15, 0.2) is 0 Å². The van der Waals surface area contributed by atoms with E-state index >= 15 is 0 Å². The van der Waals surface area contributed by atoms with Crippen LogP contribution < -0.4 is 0 Å². The van der Waals surface area contributed by atoms with Crippen LogP contribution in [0.4, 0.5) is 0 Å². The van der Waals surface area contributed by atoms with E-state index in [0.717, 1.165) is 5.57 Å². The monoisotopic (exact) mass is 154 g/mol. The quantitative estimate of drug-likeness (QED) is 0.568. The maximum Gasteiger partial charge on any atom is 0.114 e. The Labute approximate surface area is 71.2 Å². The van der Waals surface area contributed by atoms with Gasteiger partial charge in [0.2, 0.25) is 0 Å². The highest BCUT2D eigenvalue weighted by atomic mass is 16.3. The molecule has 0 heterocycles. The lowest BCUT2D eigenvalue weighted by atomic mass is 9.81. The Morgan fingerprint density at radius 3 is 2.64 bits per heavy atom. The van der Waals surface area contributed by atoms with Crippen molar-refractivity contribution in [3.05, 3.63) is 23.5 Å². The molecule has 0 radical (unpaired) electrons. The van der Waals surface area contributed by atoms with Gasteiger partial charge < -0.3 is 5.11 Å². The molecule has 1 aliphatic carbocycles. The van der Waals surface area contributed by atoms with Gasteiger partial charge in [0.25, 0.3) is 0 Å². The van der Waals surface area contributed by atoms with E-state index in [4.69, 9.17) is 2.74 Å². The lowest BCUT2D eigenvalue weighted by molar-refractivity contribution is 0.377. The highest BCUT2D eigenvalue weighted by Crippen LogP contribution is 2.33. The van der Waals surface area contributed by atoms with Crippen LogP contribution >= 0.6 is 0 Å². The van der Waals surface area contributed by atoms with E-state index in [0.29, 0.717) is 6.42 Å². The van der Waals surface area contributed by atoms with Gasteiger partial charge in [0.05, 0.1) is 0 Å². The maximum atomic E-state index is 9.56. The van der Waals surface area contributed by atoms with Crippen LogP contribution in [0.5, 0.6) is 0 Å². The molecule has 1 rings (SSSR count). The van der Waals surface area contributed by atoms with E-state index in [1.54, 1.807) is 0 Å². The molecule has 0 fully saturated rings. The first-order chi connectivity index (χ1) is 5.72. The minimum Gasteiger partial charge on any atom is -0.508 e. The zero-order valence-electron chi connectivity index (χ0n) is 9.31. The molecule has 0 unspecified atom stereocenters. The van der Waals surface area contributed by atoms with Crippen LogP contribution in [0.25, 0.3) is 0 Å². The van der Waals surface area contributed by atoms with Gasteiger partial charge in [-0.25, -0.2) is 0 Å². The first kappa shape index (κ1) is 5.87. The van der Waals surface area contributed by atoms with E-state index in [1.165, 1.54) is 12.2 Å². The summed E-state index contributed by atoms with van der Waals surface area (Å²) in [7, 11) is 0. The number of hydrogen-bond acceptors (Lipinski definition) is 1. The predicted molar refractivity (Wildman–Crippen MR) is 47.5 cm³/mol. The second-order valence-corrected chi connectivity index (χ2v) is 3.83. The van der Waals surface area contributed by atoms with Crippen molar-refractivity contribution in [3.8, 4) is 0 Å². The molecule has 62 valence electrons. The smallest absolute Gasteiger partial charge is 0.114 e. The molecule has 0 saturated heterocycles. The molecule has 0 amide bonds. The first-order valence-electron chi connectivity index (χ1n) is 4.84. The van der Waals surface area contributed by atoms with Crippen molar-refractivity contribution in [1.29, 1.82) is 0 Å². The molecule has 0 aromatic rings. The molecule has 1 heteroatoms. The van der Waals surface area contributed by atoms with Crippen molar-refractivity contribution in [1.82, 2.24) is 0 Å². The SMILES string of the molecule is [2H]C1([2H])C=CC(O)=C(C(C)(C)C)C1. The van der Waals surface area contributed by atoms with Gasteiger partial charge in [-0.15, -0.1) is 0 Å². The first-order valence-corrected chi connectivity index (χ1v) is 3.84. The van der Waals surface area contributed by atoms with Crippen molar-refractivity contribution < 1.29 is 7.85 Å². The Bertz CT molecular complexity index is 269. The molecule has 0 atom stereocenters. The normalized spacial score (nSPS) is 26.5. The van der Waals surface area contributed by atoms with Crippen molar-refractivity contribution in [2.24, 2.45) is 5.41 Å². The molecular formula is C10H16O. The molecule has 0 aliphatic heterocycles. The third-order valence-electron chi connectivity index (χ3n) is 1.85. The lowest BCUT2D eigenvalue weighted by Crippen LogP contribution is -2.13. The average molecular weight is 154 g/mol. The van der Waals surface area contributed by atoms with Gasteiger partial charge in [-0.1, -0.05) is 26.8 Å². The van der Waals surface area contributed by atoms with Crippen molar-refractivity contribution in [3.63, 3.8) is 0 Å². The van der Waals surface area contributed by atoms with Crippen LogP contribution in [0.15, 0.2) is 23.5 Å². The van der Waals surface area contributed by atoms with Crippen molar-refractivity contribution in [2.45, 2.75) is 33.6 Å². The van der Waals surface area contributed by atoms with Crippen molar-refractivity contribution in [2.75, 3.05) is 0 Å². The number of allylic oxidation sites excluding steroid dienone is 3. The van der Waals surface area contributed by atoms with Crippen LogP contribution in [-0.4, -0.2) is 5.11 Å². The van der Waals surface area contributed by atoms with Gasteiger partial charge in [-0.05, 0) is 29.9 Å². The minimum absolute atomic E-state index is 0.164. The number of rotatable bonds is 0. The number of aliphatic hydroxyl groups excluding tert-OH is 1. The Balaban J connectivity index is 3.03. The fourth-order valence-corrected chi connectivity index (χ4v) is 1.14. The Morgan fingerprint density at radius 2 is 2.18 bits per heavy atom. The molecule has 0 spiro atoms. The zero-order chi connectivity index (χ0) is 10.3. The number of aliphatic hydroxyl groups is 1. The molecule has 1 N–H and O–H groups in total. The maximum absolute atomic E-state index is 9.56. The highest BCUT2D eigenvalue weighted by molar-refractivity contribution is 5.27. The van der Waals surface area contributed by atoms with E-state index in [1.807, 2.05) is 20.8 Å². The van der Waals surface area contributed by atoms with E-state index in [2.05, 4.69) is 0 Å². The largest absolute Gasteiger partial charge is 0.508 e. The van der Waals surface area contributed by atoms with Gasteiger partial charge in [0.1, 0.15) is 5.76 Å². The van der Waals surface area contributed by atoms with E-state index < -0.39 is 6.37 Å². The van der Waals surface area contributed by atoms with Gasteiger partial charge >= 0.3 is 0 Å². The fourth-order valence-electron chi connectivity index (χ4n) is 1.14. The van der Waals surface area contributed by atoms with Crippen LogP contribution in [0, 0.1) is 5.41 Å². The van der Waals surface area contributed by atoms with Gasteiger partial charge in [-0.3, -0.25) is 0 Å². The summed E-state index contributed by atoms with van der Waals surface area (Å²) in [6.07, 6.45) is 1.86. The summed E-state index contributed by atoms with van der Waals surface area (Å²) in [5, 5.41) is 9.56. The van der Waals surface area contributed by atoms with Crippen molar-refractivity contribution >= 4 is 0 Å². The molecule has 11 heavy (non-hydrogen) atoms. The summed E-state index contributed by atoms with van der Waals surface area (Å²) in [6.45, 7) is 5.94. The van der Waals surface area contributed by atoms with Gasteiger partial charge in [-0.2, -0.15) is 0 Å². The lowest BCUT2D eigenvalue weighted by Gasteiger charge is -2.25. The molecule has 0 aromatic heterocycles. The molecule has 0 saturated carbocycles. The van der Waals surface area contributed by atoms with E-state index in [-0.39, 0.29) is 11.2 Å². The Kier molecular flexibility index (Phi) is 1.45. The Hall–Kier alpha value is -0.720. The standard InChI is InChI=1S/C10H16O/c1-10(2,3)8-6-4-5-7-9(8)11/h5,7,11H,4,6H2,1-3H3/i4D2. The Morgan fingerprint density at radius 1 is 1.55 bits per heavy atom. The second kappa shape index (κ2) is 2.72. The molecule has 0 aromatic carbocycles. The topological polar surface area (TPSA) is 20.2 Å². The predicted octanol–water partition coefficient (Wildman–Crippen LogP) is 3.19. The summed E-state index contributed by atoms with van der Waals surface area (Å²) in [6, 6.07) is 0. The third kappa shape index (κ3) is 1.86. The summed E-state index contributed by atoms with van der Waals surface area (Å²) in [4.78, 5) is 0. The number of hydrogen-bond donors (Lipinski definition) is 1. The minimum atomic E-state index is -1.31. The molecule has 1 nitrogen and oxygen atoms in total. The average Bonchev–Trinajstić information content (AvgIpc) is 1.92. The van der Waals surface area contributed by atoms with E-state index in [9.17, 15) is 5.11 Å². The fraction of sp³-hybridized carbons (Fsp3) is 0.600. The van der Waals surface area contributed by atoms with Crippen LogP contribution in [-0.2, 0) is 0 Å². The van der Waals surface area contributed by atoms with Crippen LogP contribution in [0.1, 0.15) is 36.3 Å². The molecular weight excluding hydrogens is 136 g/mol. The highest BCUT2D eigenvalue weighted by Gasteiger charge is 2.21. The zero-order valence-corrected chi connectivity index (χ0v) is 7.31. The third-order valence-corrected chi connectivity index (χ3v) is 1.85.